The highest BCUT2D eigenvalue weighted by atomic mass is 79.9. The van der Waals surface area contributed by atoms with Gasteiger partial charge in [0.05, 0.1) is 11.0 Å². The zero-order valence-corrected chi connectivity index (χ0v) is 15.4. The van der Waals surface area contributed by atoms with Gasteiger partial charge < -0.3 is 10.6 Å². The maximum Gasteiger partial charge on any atom is 0.266 e. The minimum atomic E-state index is -0.479. The Balaban J connectivity index is 1.49. The van der Waals surface area contributed by atoms with Gasteiger partial charge in [0.2, 0.25) is 0 Å². The number of carbonyl (C=O) groups is 1. The lowest BCUT2D eigenvalue weighted by Gasteiger charge is -2.14. The molecule has 0 bridgehead atoms. The van der Waals surface area contributed by atoms with E-state index < -0.39 is 5.37 Å². The second kappa shape index (κ2) is 6.19. The summed E-state index contributed by atoms with van der Waals surface area (Å²) in [6.45, 7) is 0. The molecule has 0 radical (unpaired) electrons. The molecule has 8 heteroatoms. The molecule has 0 amide bonds. The van der Waals surface area contributed by atoms with E-state index in [0.29, 0.717) is 10.3 Å². The third-order valence-corrected chi connectivity index (χ3v) is 5.35. The third-order valence-electron chi connectivity index (χ3n) is 3.56. The van der Waals surface area contributed by atoms with Crippen molar-refractivity contribution >= 4 is 67.7 Å². The average Bonchev–Trinajstić information content (AvgIpc) is 3.07. The lowest BCUT2D eigenvalue weighted by molar-refractivity contribution is 0.0910. The molecule has 5 nitrogen and oxygen atoms in total. The van der Waals surface area contributed by atoms with Crippen LogP contribution >= 0.6 is 39.9 Å². The van der Waals surface area contributed by atoms with Gasteiger partial charge in [0.1, 0.15) is 0 Å². The molecule has 0 aliphatic carbocycles. The van der Waals surface area contributed by atoms with Crippen LogP contribution in [0.25, 0.3) is 11.0 Å². The minimum absolute atomic E-state index is 0.0661. The number of rotatable bonds is 2. The first kappa shape index (κ1) is 15.6. The second-order valence-corrected chi connectivity index (χ2v) is 7.56. The molecule has 0 saturated carbocycles. The highest BCUT2D eigenvalue weighted by molar-refractivity contribution is 9.10. The number of halogens is 1. The first-order valence-electron chi connectivity index (χ1n) is 7.13. The van der Waals surface area contributed by atoms with Crippen molar-refractivity contribution in [3.8, 4) is 0 Å². The number of nitrogens with zero attached hydrogens (tertiary/aromatic N) is 2. The van der Waals surface area contributed by atoms with Crippen molar-refractivity contribution in [2.24, 2.45) is 0 Å². The van der Waals surface area contributed by atoms with Gasteiger partial charge in [-0.2, -0.15) is 0 Å². The van der Waals surface area contributed by atoms with E-state index in [1.165, 1.54) is 11.8 Å². The Kier molecular flexibility index (Phi) is 4.03. The van der Waals surface area contributed by atoms with Crippen LogP contribution in [0.4, 0.5) is 5.69 Å². The number of imidazole rings is 1. The van der Waals surface area contributed by atoms with Gasteiger partial charge in [-0.1, -0.05) is 39.8 Å². The maximum absolute atomic E-state index is 12.7. The normalized spacial score (nSPS) is 16.2. The predicted molar refractivity (Wildman–Crippen MR) is 104 cm³/mol. The smallest absolute Gasteiger partial charge is 0.266 e. The van der Waals surface area contributed by atoms with Crippen LogP contribution in [0.15, 0.2) is 58.2 Å². The molecule has 0 fully saturated rings. The van der Waals surface area contributed by atoms with Gasteiger partial charge in [0, 0.05) is 10.2 Å². The molecule has 1 atom stereocenters. The fourth-order valence-electron chi connectivity index (χ4n) is 2.48. The summed E-state index contributed by atoms with van der Waals surface area (Å²) in [4.78, 5) is 17.1. The maximum atomic E-state index is 12.7. The Labute approximate surface area is 156 Å². The monoisotopic (exact) mass is 418 g/mol. The lowest BCUT2D eigenvalue weighted by Crippen LogP contribution is -2.40. The standard InChI is InChI=1S/C16H11BrN4OS2/c17-9-5-7-10(8-6-9)18-15(23)20-13-14(22)21-12-4-2-1-3-11(12)19-16(21)24-13/h1-8,13H,(H2,18,20,23). The number of nitrogens with one attached hydrogen (secondary N) is 2. The molecule has 3 aromatic rings. The number of fused-ring (bicyclic) bond motifs is 3. The fraction of sp³-hybridized carbons (Fsp3) is 0.0625. The summed E-state index contributed by atoms with van der Waals surface area (Å²) >= 11 is 10.1. The molecule has 2 heterocycles. The molecule has 4 rings (SSSR count). The Morgan fingerprint density at radius 3 is 2.75 bits per heavy atom. The van der Waals surface area contributed by atoms with Crippen LogP contribution < -0.4 is 10.6 Å². The Bertz CT molecular complexity index is 954. The van der Waals surface area contributed by atoms with Crippen LogP contribution in [0.3, 0.4) is 0 Å². The van der Waals surface area contributed by atoms with Crippen LogP contribution in [-0.2, 0) is 0 Å². The Hall–Kier alpha value is -1.90. The number of anilines is 1. The summed E-state index contributed by atoms with van der Waals surface area (Å²) in [5.74, 6) is -0.0661. The number of hydrogen-bond acceptors (Lipinski definition) is 4. The topological polar surface area (TPSA) is 59.0 Å². The molecule has 1 unspecified atom stereocenters. The summed E-state index contributed by atoms with van der Waals surface area (Å²) < 4.78 is 2.63. The summed E-state index contributed by atoms with van der Waals surface area (Å²) in [5, 5.41) is 6.73. The predicted octanol–water partition coefficient (Wildman–Crippen LogP) is 3.86. The molecule has 0 saturated heterocycles. The molecule has 1 aromatic heterocycles. The SMILES string of the molecule is O=C1C(NC(=S)Nc2ccc(Br)cc2)Sc2nc3ccccc3n21. The largest absolute Gasteiger partial charge is 0.342 e. The quantitative estimate of drug-likeness (QED) is 0.616. The van der Waals surface area contributed by atoms with Gasteiger partial charge in [0.25, 0.3) is 5.91 Å². The summed E-state index contributed by atoms with van der Waals surface area (Å²) in [5.41, 5.74) is 2.50. The van der Waals surface area contributed by atoms with E-state index in [0.717, 1.165) is 21.2 Å². The molecule has 2 N–H and O–H groups in total. The van der Waals surface area contributed by atoms with E-state index >= 15 is 0 Å². The number of hydrogen-bond donors (Lipinski definition) is 2. The van der Waals surface area contributed by atoms with Crippen molar-refractivity contribution in [1.29, 1.82) is 0 Å². The zero-order chi connectivity index (χ0) is 16.7. The van der Waals surface area contributed by atoms with Gasteiger partial charge in [-0.15, -0.1) is 0 Å². The van der Waals surface area contributed by atoms with Gasteiger partial charge in [-0.05, 0) is 48.6 Å². The zero-order valence-electron chi connectivity index (χ0n) is 12.2. The number of carbonyl (C=O) groups excluding carboxylic acids is 1. The molecule has 1 aliphatic heterocycles. The van der Waals surface area contributed by atoms with E-state index in [9.17, 15) is 4.79 Å². The van der Waals surface area contributed by atoms with E-state index in [1.807, 2.05) is 48.5 Å². The molecular formula is C16H11BrN4OS2. The van der Waals surface area contributed by atoms with E-state index in [-0.39, 0.29) is 5.91 Å². The van der Waals surface area contributed by atoms with Crippen molar-refractivity contribution in [3.63, 3.8) is 0 Å². The molecule has 0 spiro atoms. The van der Waals surface area contributed by atoms with Gasteiger partial charge in [-0.3, -0.25) is 9.36 Å². The molecular weight excluding hydrogens is 408 g/mol. The van der Waals surface area contributed by atoms with Crippen LogP contribution in [0.1, 0.15) is 4.79 Å². The average molecular weight is 419 g/mol. The van der Waals surface area contributed by atoms with E-state index in [2.05, 4.69) is 31.5 Å². The van der Waals surface area contributed by atoms with Crippen LogP contribution in [0.2, 0.25) is 0 Å². The Morgan fingerprint density at radius 1 is 1.21 bits per heavy atom. The van der Waals surface area contributed by atoms with Crippen molar-refractivity contribution in [2.45, 2.75) is 10.5 Å². The fourth-order valence-corrected chi connectivity index (χ4v) is 4.09. The number of thioether (sulfide) groups is 1. The van der Waals surface area contributed by atoms with Gasteiger partial charge >= 0.3 is 0 Å². The third kappa shape index (κ3) is 2.81. The van der Waals surface area contributed by atoms with Crippen molar-refractivity contribution < 1.29 is 4.79 Å². The molecule has 2 aromatic carbocycles. The van der Waals surface area contributed by atoms with Crippen molar-refractivity contribution in [2.75, 3.05) is 5.32 Å². The number of benzene rings is 2. The minimum Gasteiger partial charge on any atom is -0.342 e. The number of aromatic nitrogens is 2. The molecule has 120 valence electrons. The number of thiocarbonyl (C=S) groups is 1. The van der Waals surface area contributed by atoms with Crippen LogP contribution in [-0.4, -0.2) is 25.9 Å². The molecule has 24 heavy (non-hydrogen) atoms. The first-order valence-corrected chi connectivity index (χ1v) is 9.21. The van der Waals surface area contributed by atoms with E-state index in [1.54, 1.807) is 4.57 Å². The Morgan fingerprint density at radius 2 is 1.96 bits per heavy atom. The van der Waals surface area contributed by atoms with Gasteiger partial charge in [-0.25, -0.2) is 4.98 Å². The van der Waals surface area contributed by atoms with Gasteiger partial charge in [0.15, 0.2) is 15.6 Å². The van der Waals surface area contributed by atoms with Crippen LogP contribution in [0.5, 0.6) is 0 Å². The summed E-state index contributed by atoms with van der Waals surface area (Å²) in [6.07, 6.45) is 0. The van der Waals surface area contributed by atoms with Crippen molar-refractivity contribution in [3.05, 3.63) is 53.0 Å². The number of para-hydroxylation sites is 2. The highest BCUT2D eigenvalue weighted by Crippen LogP contribution is 2.33. The second-order valence-electron chi connectivity index (χ2n) is 5.16. The molecule has 1 aliphatic rings. The van der Waals surface area contributed by atoms with Crippen molar-refractivity contribution in [1.82, 2.24) is 14.9 Å². The summed E-state index contributed by atoms with van der Waals surface area (Å²) in [7, 11) is 0. The van der Waals surface area contributed by atoms with Crippen LogP contribution in [0, 0.1) is 0 Å². The highest BCUT2D eigenvalue weighted by Gasteiger charge is 2.34. The van der Waals surface area contributed by atoms with E-state index in [4.69, 9.17) is 12.2 Å². The lowest BCUT2D eigenvalue weighted by atomic mass is 10.3. The summed E-state index contributed by atoms with van der Waals surface area (Å²) in [6, 6.07) is 15.2. The first-order chi connectivity index (χ1) is 11.6.